The minimum atomic E-state index is -0.0253. The number of nitriles is 1. The lowest BCUT2D eigenvalue weighted by atomic mass is 10.1. The van der Waals surface area contributed by atoms with E-state index in [1.54, 1.807) is 0 Å². The van der Waals surface area contributed by atoms with Crippen molar-refractivity contribution in [2.45, 2.75) is 51.6 Å². The van der Waals surface area contributed by atoms with Crippen molar-refractivity contribution in [2.75, 3.05) is 39.3 Å². The second-order valence-corrected chi connectivity index (χ2v) is 6.29. The van der Waals surface area contributed by atoms with Crippen molar-refractivity contribution in [3.8, 4) is 6.07 Å². The lowest BCUT2D eigenvalue weighted by molar-refractivity contribution is -0.137. The second-order valence-electron chi connectivity index (χ2n) is 6.29. The molecule has 0 aromatic carbocycles. The lowest BCUT2D eigenvalue weighted by Gasteiger charge is -2.39. The zero-order valence-electron chi connectivity index (χ0n) is 13.4. The number of hydrogen-bond donors (Lipinski definition) is 0. The second kappa shape index (κ2) is 7.77. The van der Waals surface area contributed by atoms with Crippen LogP contribution >= 0.6 is 0 Å². The Labute approximate surface area is 128 Å². The van der Waals surface area contributed by atoms with Crippen LogP contribution in [-0.4, -0.2) is 72.0 Å². The molecule has 2 unspecified atom stereocenters. The third-order valence-corrected chi connectivity index (χ3v) is 4.91. The number of nitrogens with zero attached hydrogens (tertiary/aromatic N) is 4. The van der Waals surface area contributed by atoms with Gasteiger partial charge in [0.1, 0.15) is 0 Å². The normalized spacial score (nSPS) is 24.9. The summed E-state index contributed by atoms with van der Waals surface area (Å²) >= 11 is 0. The van der Waals surface area contributed by atoms with E-state index in [0.29, 0.717) is 5.91 Å². The summed E-state index contributed by atoms with van der Waals surface area (Å²) in [6.45, 7) is 9.36. The van der Waals surface area contributed by atoms with Crippen LogP contribution in [0.25, 0.3) is 0 Å². The maximum Gasteiger partial charge on any atom is 0.239 e. The van der Waals surface area contributed by atoms with E-state index in [9.17, 15) is 4.79 Å². The number of piperazine rings is 1. The molecule has 2 heterocycles. The van der Waals surface area contributed by atoms with Crippen LogP contribution < -0.4 is 0 Å². The van der Waals surface area contributed by atoms with Gasteiger partial charge < -0.3 is 4.90 Å². The Morgan fingerprint density at radius 1 is 0.905 bits per heavy atom. The van der Waals surface area contributed by atoms with E-state index >= 15 is 0 Å². The van der Waals surface area contributed by atoms with Crippen molar-refractivity contribution in [1.82, 2.24) is 14.7 Å². The highest BCUT2D eigenvalue weighted by molar-refractivity contribution is 5.81. The highest BCUT2D eigenvalue weighted by Gasteiger charge is 2.29. The zero-order chi connectivity index (χ0) is 15.2. The zero-order valence-corrected chi connectivity index (χ0v) is 13.4. The topological polar surface area (TPSA) is 50.6 Å². The average molecular weight is 292 g/mol. The molecular formula is C16H28N4O. The molecule has 0 radical (unpaired) electrons. The van der Waals surface area contributed by atoms with Crippen molar-refractivity contribution in [1.29, 1.82) is 5.26 Å². The largest absolute Gasteiger partial charge is 0.341 e. The van der Waals surface area contributed by atoms with Crippen LogP contribution in [0, 0.1) is 11.3 Å². The van der Waals surface area contributed by atoms with Gasteiger partial charge in [0.25, 0.3) is 0 Å². The molecule has 118 valence electrons. The summed E-state index contributed by atoms with van der Waals surface area (Å²) in [5.41, 5.74) is 0. The van der Waals surface area contributed by atoms with E-state index in [2.05, 4.69) is 20.8 Å². The molecule has 0 bridgehead atoms. The van der Waals surface area contributed by atoms with Gasteiger partial charge in [-0.05, 0) is 26.7 Å². The summed E-state index contributed by atoms with van der Waals surface area (Å²) in [7, 11) is 0. The Kier molecular flexibility index (Phi) is 6.01. The number of carbonyl (C=O) groups excluding carboxylic acids is 1. The summed E-state index contributed by atoms with van der Waals surface area (Å²) in [5, 5.41) is 8.98. The van der Waals surface area contributed by atoms with Crippen LogP contribution in [0.3, 0.4) is 0 Å². The van der Waals surface area contributed by atoms with E-state index in [-0.39, 0.29) is 12.1 Å². The molecule has 1 amide bonds. The Morgan fingerprint density at radius 2 is 1.43 bits per heavy atom. The van der Waals surface area contributed by atoms with E-state index in [1.165, 1.54) is 12.8 Å². The van der Waals surface area contributed by atoms with Gasteiger partial charge in [-0.1, -0.05) is 12.8 Å². The molecule has 2 rings (SSSR count). The van der Waals surface area contributed by atoms with Crippen LogP contribution in [0.5, 0.6) is 0 Å². The van der Waals surface area contributed by atoms with Gasteiger partial charge in [-0.25, -0.2) is 0 Å². The monoisotopic (exact) mass is 292 g/mol. The summed E-state index contributed by atoms with van der Waals surface area (Å²) in [5.74, 6) is 0.290. The van der Waals surface area contributed by atoms with Crippen LogP contribution in [0.2, 0.25) is 0 Å². The molecule has 0 aliphatic carbocycles. The Hall–Kier alpha value is -1.12. The molecule has 0 aromatic heterocycles. The van der Waals surface area contributed by atoms with Crippen LogP contribution in [0.4, 0.5) is 0 Å². The Balaban J connectivity index is 1.84. The van der Waals surface area contributed by atoms with Gasteiger partial charge >= 0.3 is 0 Å². The van der Waals surface area contributed by atoms with Crippen molar-refractivity contribution in [3.05, 3.63) is 0 Å². The van der Waals surface area contributed by atoms with Gasteiger partial charge in [-0.15, -0.1) is 0 Å². The summed E-state index contributed by atoms with van der Waals surface area (Å²) in [6.07, 6.45) is 4.80. The van der Waals surface area contributed by atoms with E-state index in [4.69, 9.17) is 5.26 Å². The highest BCUT2D eigenvalue weighted by atomic mass is 16.2. The molecule has 0 spiro atoms. The molecule has 2 saturated heterocycles. The number of rotatable bonds is 3. The fourth-order valence-electron chi connectivity index (χ4n) is 3.31. The molecule has 5 heteroatoms. The molecule has 0 saturated carbocycles. The van der Waals surface area contributed by atoms with Gasteiger partial charge in [-0.3, -0.25) is 14.6 Å². The fraction of sp³-hybridized carbons (Fsp3) is 0.875. The van der Waals surface area contributed by atoms with Crippen molar-refractivity contribution in [2.24, 2.45) is 0 Å². The highest BCUT2D eigenvalue weighted by Crippen LogP contribution is 2.15. The summed E-state index contributed by atoms with van der Waals surface area (Å²) in [4.78, 5) is 19.2. The predicted octanol–water partition coefficient (Wildman–Crippen LogP) is 1.31. The van der Waals surface area contributed by atoms with Crippen LogP contribution in [-0.2, 0) is 4.79 Å². The van der Waals surface area contributed by atoms with Crippen molar-refractivity contribution in [3.63, 3.8) is 0 Å². The molecule has 2 atom stereocenters. The average Bonchev–Trinajstić information content (AvgIpc) is 2.82. The Morgan fingerprint density at radius 3 is 1.95 bits per heavy atom. The van der Waals surface area contributed by atoms with Gasteiger partial charge in [0.05, 0.1) is 18.2 Å². The minimum Gasteiger partial charge on any atom is -0.341 e. The van der Waals surface area contributed by atoms with Gasteiger partial charge in [0.2, 0.25) is 5.91 Å². The summed E-state index contributed by atoms with van der Waals surface area (Å²) < 4.78 is 0. The predicted molar refractivity (Wildman–Crippen MR) is 82.7 cm³/mol. The molecular weight excluding hydrogens is 264 g/mol. The maximum absolute atomic E-state index is 12.6. The maximum atomic E-state index is 12.6. The van der Waals surface area contributed by atoms with E-state index in [1.807, 2.05) is 13.8 Å². The molecule has 2 fully saturated rings. The first-order valence-electron chi connectivity index (χ1n) is 8.30. The van der Waals surface area contributed by atoms with Crippen molar-refractivity contribution < 1.29 is 4.79 Å². The molecule has 2 aliphatic rings. The van der Waals surface area contributed by atoms with Crippen LogP contribution in [0.15, 0.2) is 0 Å². The number of hydrogen-bond acceptors (Lipinski definition) is 4. The first-order valence-corrected chi connectivity index (χ1v) is 8.30. The SMILES string of the molecule is CC(C#N)N1CCN(C(C)C(=O)N2CCCCCC2)CC1. The third-order valence-electron chi connectivity index (χ3n) is 4.91. The first kappa shape index (κ1) is 16.3. The molecule has 2 aliphatic heterocycles. The standard InChI is InChI=1S/C16H28N4O/c1-14(13-17)18-9-11-19(12-10-18)15(2)16(21)20-7-5-3-4-6-8-20/h14-15H,3-12H2,1-2H3. The van der Waals surface area contributed by atoms with Gasteiger partial charge in [0, 0.05) is 39.3 Å². The molecule has 0 aromatic rings. The Bertz CT molecular complexity index is 376. The quantitative estimate of drug-likeness (QED) is 0.787. The molecule has 0 N–H and O–H groups in total. The van der Waals surface area contributed by atoms with Crippen LogP contribution in [0.1, 0.15) is 39.5 Å². The smallest absolute Gasteiger partial charge is 0.239 e. The number of likely N-dealkylation sites (tertiary alicyclic amines) is 1. The fourth-order valence-corrected chi connectivity index (χ4v) is 3.31. The van der Waals surface area contributed by atoms with Crippen molar-refractivity contribution >= 4 is 5.91 Å². The van der Waals surface area contributed by atoms with Gasteiger partial charge in [0.15, 0.2) is 0 Å². The summed E-state index contributed by atoms with van der Waals surface area (Å²) in [6, 6.07) is 2.24. The molecule has 5 nitrogen and oxygen atoms in total. The lowest BCUT2D eigenvalue weighted by Crippen LogP contribution is -2.55. The third kappa shape index (κ3) is 4.18. The first-order chi connectivity index (χ1) is 10.1. The van der Waals surface area contributed by atoms with Gasteiger partial charge in [-0.2, -0.15) is 5.26 Å². The number of carbonyl (C=O) groups is 1. The molecule has 21 heavy (non-hydrogen) atoms. The van der Waals surface area contributed by atoms with E-state index < -0.39 is 0 Å². The van der Waals surface area contributed by atoms with E-state index in [0.717, 1.165) is 52.1 Å². The number of amides is 1. The minimum absolute atomic E-state index is 0.0243.